The number of nitrogens with two attached hydrogens (primary N) is 2. The van der Waals surface area contributed by atoms with Crippen LogP contribution in [0.3, 0.4) is 0 Å². The molecule has 5 nitrogen and oxygen atoms in total. The van der Waals surface area contributed by atoms with Gasteiger partial charge in [0.15, 0.2) is 6.61 Å². The van der Waals surface area contributed by atoms with Gasteiger partial charge >= 0.3 is 5.97 Å². The molecule has 15 heavy (non-hydrogen) atoms. The lowest BCUT2D eigenvalue weighted by Gasteiger charge is -2.04. The second-order valence-corrected chi connectivity index (χ2v) is 3.19. The zero-order valence-electron chi connectivity index (χ0n) is 7.70. The second-order valence-electron chi connectivity index (χ2n) is 2.78. The Kier molecular flexibility index (Phi) is 3.51. The molecule has 0 fully saturated rings. The molecule has 0 atom stereocenters. The normalized spacial score (nSPS) is 9.67. The molecule has 1 aromatic carbocycles. The molecule has 0 saturated heterocycles. The number of carbonyl (C=O) groups excluding carboxylic acids is 2. The molecule has 0 aliphatic heterocycles. The van der Waals surface area contributed by atoms with E-state index in [1.54, 1.807) is 6.07 Å². The first kappa shape index (κ1) is 11.3. The fourth-order valence-electron chi connectivity index (χ4n) is 0.914. The Hall–Kier alpha value is -1.75. The maximum absolute atomic E-state index is 11.4. The van der Waals surface area contributed by atoms with E-state index in [1.165, 1.54) is 12.1 Å². The molecule has 0 aliphatic carbocycles. The van der Waals surface area contributed by atoms with Crippen LogP contribution in [0.15, 0.2) is 18.2 Å². The molecule has 0 unspecified atom stereocenters. The first-order valence-corrected chi connectivity index (χ1v) is 4.39. The highest BCUT2D eigenvalue weighted by atomic mass is 35.5. The molecule has 4 N–H and O–H groups in total. The number of hydrogen-bond acceptors (Lipinski definition) is 4. The summed E-state index contributed by atoms with van der Waals surface area (Å²) in [6.07, 6.45) is 0. The van der Waals surface area contributed by atoms with Gasteiger partial charge in [-0.15, -0.1) is 0 Å². The van der Waals surface area contributed by atoms with Crippen LogP contribution in [-0.4, -0.2) is 18.5 Å². The Bertz CT molecular complexity index is 406. The molecule has 0 aliphatic rings. The molecular formula is C9H9ClN2O3. The summed E-state index contributed by atoms with van der Waals surface area (Å²) in [7, 11) is 0. The van der Waals surface area contributed by atoms with E-state index in [1.807, 2.05) is 0 Å². The maximum atomic E-state index is 11.4. The van der Waals surface area contributed by atoms with Crippen molar-refractivity contribution in [2.24, 2.45) is 5.73 Å². The minimum atomic E-state index is -0.733. The minimum Gasteiger partial charge on any atom is -0.452 e. The van der Waals surface area contributed by atoms with Gasteiger partial charge in [-0.1, -0.05) is 11.6 Å². The number of ether oxygens (including phenoxy) is 1. The highest BCUT2D eigenvalue weighted by molar-refractivity contribution is 6.33. The van der Waals surface area contributed by atoms with Gasteiger partial charge in [0.05, 0.1) is 10.6 Å². The minimum absolute atomic E-state index is 0.109. The van der Waals surface area contributed by atoms with Crippen LogP contribution in [-0.2, 0) is 9.53 Å². The molecule has 1 rings (SSSR count). The average molecular weight is 229 g/mol. The van der Waals surface area contributed by atoms with Crippen LogP contribution in [0.2, 0.25) is 5.02 Å². The van der Waals surface area contributed by atoms with Crippen LogP contribution in [0.25, 0.3) is 0 Å². The van der Waals surface area contributed by atoms with Gasteiger partial charge in [-0.3, -0.25) is 4.79 Å². The number of primary amides is 1. The summed E-state index contributed by atoms with van der Waals surface area (Å²) < 4.78 is 4.57. The zero-order valence-corrected chi connectivity index (χ0v) is 8.45. The molecule has 6 heteroatoms. The van der Waals surface area contributed by atoms with E-state index < -0.39 is 18.5 Å². The van der Waals surface area contributed by atoms with Crippen molar-refractivity contribution >= 4 is 29.2 Å². The summed E-state index contributed by atoms with van der Waals surface area (Å²) in [4.78, 5) is 21.7. The van der Waals surface area contributed by atoms with E-state index >= 15 is 0 Å². The highest BCUT2D eigenvalue weighted by Gasteiger charge is 2.12. The van der Waals surface area contributed by atoms with Crippen LogP contribution in [0.1, 0.15) is 10.4 Å². The molecule has 80 valence electrons. The van der Waals surface area contributed by atoms with Crippen LogP contribution in [0.4, 0.5) is 5.69 Å². The third-order valence-corrected chi connectivity index (χ3v) is 1.89. The first-order chi connectivity index (χ1) is 7.00. The van der Waals surface area contributed by atoms with Crippen molar-refractivity contribution < 1.29 is 14.3 Å². The molecule has 0 saturated carbocycles. The van der Waals surface area contributed by atoms with Crippen LogP contribution in [0, 0.1) is 0 Å². The summed E-state index contributed by atoms with van der Waals surface area (Å²) in [6, 6.07) is 4.39. The van der Waals surface area contributed by atoms with Crippen molar-refractivity contribution in [1.82, 2.24) is 0 Å². The van der Waals surface area contributed by atoms with Crippen molar-refractivity contribution in [3.05, 3.63) is 28.8 Å². The molecule has 0 bridgehead atoms. The van der Waals surface area contributed by atoms with Gasteiger partial charge < -0.3 is 16.2 Å². The van der Waals surface area contributed by atoms with Gasteiger partial charge in [0.2, 0.25) is 0 Å². The smallest absolute Gasteiger partial charge is 0.340 e. The average Bonchev–Trinajstić information content (AvgIpc) is 2.18. The van der Waals surface area contributed by atoms with Gasteiger partial charge in [-0.2, -0.15) is 0 Å². The molecule has 0 radical (unpaired) electrons. The number of hydrogen-bond donors (Lipinski definition) is 2. The molecule has 1 aromatic rings. The number of benzene rings is 1. The predicted molar refractivity (Wildman–Crippen MR) is 55.3 cm³/mol. The Labute approximate surface area is 90.9 Å². The molecule has 0 heterocycles. The molecule has 0 spiro atoms. The molecule has 0 aromatic heterocycles. The fourth-order valence-corrected chi connectivity index (χ4v) is 1.11. The summed E-state index contributed by atoms with van der Waals surface area (Å²) in [5, 5.41) is 0.207. The summed E-state index contributed by atoms with van der Waals surface area (Å²) >= 11 is 5.73. The van der Waals surface area contributed by atoms with Gasteiger partial charge in [-0.25, -0.2) is 4.79 Å². The van der Waals surface area contributed by atoms with E-state index in [4.69, 9.17) is 23.1 Å². The Balaban J connectivity index is 2.81. The Morgan fingerprint density at radius 1 is 1.40 bits per heavy atom. The summed E-state index contributed by atoms with van der Waals surface area (Å²) in [5.74, 6) is -1.46. The van der Waals surface area contributed by atoms with Gasteiger partial charge in [0.1, 0.15) is 0 Å². The number of nitrogen functional groups attached to an aromatic ring is 1. The quantitative estimate of drug-likeness (QED) is 0.584. The number of carbonyl (C=O) groups is 2. The number of amides is 1. The number of esters is 1. The highest BCUT2D eigenvalue weighted by Crippen LogP contribution is 2.19. The number of anilines is 1. The lowest BCUT2D eigenvalue weighted by atomic mass is 10.2. The third kappa shape index (κ3) is 3.14. The Morgan fingerprint density at radius 2 is 2.07 bits per heavy atom. The van der Waals surface area contributed by atoms with E-state index in [2.05, 4.69) is 4.74 Å². The second kappa shape index (κ2) is 4.65. The number of rotatable bonds is 3. The maximum Gasteiger partial charge on any atom is 0.340 e. The predicted octanol–water partition coefficient (Wildman–Crippen LogP) is 0.564. The fraction of sp³-hybridized carbons (Fsp3) is 0.111. The van der Waals surface area contributed by atoms with Crippen molar-refractivity contribution in [1.29, 1.82) is 0 Å². The van der Waals surface area contributed by atoms with E-state index in [0.29, 0.717) is 5.69 Å². The monoisotopic (exact) mass is 228 g/mol. The molecular weight excluding hydrogens is 220 g/mol. The van der Waals surface area contributed by atoms with Gasteiger partial charge in [0.25, 0.3) is 5.91 Å². The summed E-state index contributed by atoms with van der Waals surface area (Å²) in [6.45, 7) is -0.482. The van der Waals surface area contributed by atoms with E-state index in [0.717, 1.165) is 0 Å². The van der Waals surface area contributed by atoms with Crippen molar-refractivity contribution in [3.8, 4) is 0 Å². The van der Waals surface area contributed by atoms with E-state index in [9.17, 15) is 9.59 Å². The van der Waals surface area contributed by atoms with Gasteiger partial charge in [0, 0.05) is 5.69 Å². The van der Waals surface area contributed by atoms with E-state index in [-0.39, 0.29) is 10.6 Å². The van der Waals surface area contributed by atoms with Crippen molar-refractivity contribution in [3.63, 3.8) is 0 Å². The van der Waals surface area contributed by atoms with Gasteiger partial charge in [-0.05, 0) is 18.2 Å². The van der Waals surface area contributed by atoms with Crippen molar-refractivity contribution in [2.45, 2.75) is 0 Å². The lowest BCUT2D eigenvalue weighted by Crippen LogP contribution is -2.21. The van der Waals surface area contributed by atoms with Crippen LogP contribution < -0.4 is 11.5 Å². The van der Waals surface area contributed by atoms with Crippen LogP contribution >= 0.6 is 11.6 Å². The SMILES string of the molecule is NC(=O)COC(=O)c1cc(N)ccc1Cl. The first-order valence-electron chi connectivity index (χ1n) is 4.01. The largest absolute Gasteiger partial charge is 0.452 e. The van der Waals surface area contributed by atoms with Crippen LogP contribution in [0.5, 0.6) is 0 Å². The Morgan fingerprint density at radius 3 is 2.67 bits per heavy atom. The topological polar surface area (TPSA) is 95.4 Å². The summed E-state index contributed by atoms with van der Waals surface area (Å²) in [5.41, 5.74) is 10.8. The standard InChI is InChI=1S/C9H9ClN2O3/c10-7-2-1-5(11)3-6(7)9(14)15-4-8(12)13/h1-3H,4,11H2,(H2,12,13). The lowest BCUT2D eigenvalue weighted by molar-refractivity contribution is -0.121. The van der Waals surface area contributed by atoms with Crippen molar-refractivity contribution in [2.75, 3.05) is 12.3 Å². The number of halogens is 1. The molecule has 1 amide bonds. The zero-order chi connectivity index (χ0) is 11.4. The third-order valence-electron chi connectivity index (χ3n) is 1.56.